The number of aliphatic hydroxyl groups is 2. The van der Waals surface area contributed by atoms with Gasteiger partial charge in [0.1, 0.15) is 0 Å². The van der Waals surface area contributed by atoms with Gasteiger partial charge in [-0.2, -0.15) is 0 Å². The summed E-state index contributed by atoms with van der Waals surface area (Å²) in [5.41, 5.74) is 12.7. The minimum absolute atomic E-state index is 0. The Labute approximate surface area is 273 Å². The number of fused-ring (bicyclic) bond motifs is 7. The molecular formula is C36H63ClN4O3. The van der Waals surface area contributed by atoms with Gasteiger partial charge in [0.25, 0.3) is 0 Å². The molecule has 0 aliphatic heterocycles. The summed E-state index contributed by atoms with van der Waals surface area (Å²) >= 11 is 0. The first-order valence-corrected chi connectivity index (χ1v) is 17.3. The number of aliphatic imine (C=N–C) groups is 1. The summed E-state index contributed by atoms with van der Waals surface area (Å²) in [6.07, 6.45) is 14.2. The van der Waals surface area contributed by atoms with Crippen LogP contribution in [0.3, 0.4) is 0 Å². The molecular weight excluding hydrogens is 572 g/mol. The summed E-state index contributed by atoms with van der Waals surface area (Å²) in [6, 6.07) is -0.289. The Kier molecular flexibility index (Phi) is 9.73. The van der Waals surface area contributed by atoms with Crippen LogP contribution in [0.2, 0.25) is 0 Å². The monoisotopic (exact) mass is 634 g/mol. The van der Waals surface area contributed by atoms with Crippen LogP contribution >= 0.6 is 12.4 Å². The highest BCUT2D eigenvalue weighted by Crippen LogP contribution is 2.75. The number of halogens is 1. The van der Waals surface area contributed by atoms with Crippen LogP contribution in [-0.2, 0) is 4.79 Å². The number of carbonyl (C=O) groups is 1. The van der Waals surface area contributed by atoms with E-state index in [1.807, 2.05) is 0 Å². The largest absolute Gasteiger partial charge is 0.394 e. The maximum Gasteiger partial charge on any atom is 0.227 e. The molecule has 4 fully saturated rings. The van der Waals surface area contributed by atoms with E-state index in [9.17, 15) is 15.0 Å². The molecule has 0 heterocycles. The molecule has 7 N–H and O–H groups in total. The minimum atomic E-state index is -0.421. The highest BCUT2D eigenvalue weighted by Gasteiger charge is 2.69. The van der Waals surface area contributed by atoms with Gasteiger partial charge >= 0.3 is 0 Å². The first kappa shape index (κ1) is 35.5. The minimum Gasteiger partial charge on any atom is -0.394 e. The quantitative estimate of drug-likeness (QED) is 0.0998. The van der Waals surface area contributed by atoms with Crippen LogP contribution in [0.5, 0.6) is 0 Å². The average molecular weight is 635 g/mol. The van der Waals surface area contributed by atoms with Gasteiger partial charge in [0.15, 0.2) is 5.96 Å². The van der Waals surface area contributed by atoms with E-state index < -0.39 is 5.41 Å². The SMILES string of the molecule is CC1(C)CC[C@]2(C(=O)N[C@H](CO)CCCN=C(N)N)CC[C@]3(C)C(=CC[C@@H]4[C@@]5(C)CC[C@H](O)C(C)(C)[C@@H]5CC[C@]43C)[C@@H]2C1.Cl. The van der Waals surface area contributed by atoms with Crippen molar-refractivity contribution in [2.24, 2.45) is 66.7 Å². The van der Waals surface area contributed by atoms with Crippen LogP contribution in [0.15, 0.2) is 16.6 Å². The van der Waals surface area contributed by atoms with E-state index in [0.29, 0.717) is 31.2 Å². The number of guanidine groups is 1. The molecule has 0 aromatic rings. The van der Waals surface area contributed by atoms with Crippen LogP contribution in [-0.4, -0.2) is 47.4 Å². The van der Waals surface area contributed by atoms with Crippen molar-refractivity contribution in [2.75, 3.05) is 13.2 Å². The Morgan fingerprint density at radius 1 is 1.00 bits per heavy atom. The number of amides is 1. The molecule has 0 radical (unpaired) electrons. The number of allylic oxidation sites excluding steroid dienone is 2. The predicted molar refractivity (Wildman–Crippen MR) is 181 cm³/mol. The Balaban J connectivity index is 0.00000442. The molecule has 0 saturated heterocycles. The summed E-state index contributed by atoms with van der Waals surface area (Å²) in [6.45, 7) is 17.5. The molecule has 5 aliphatic carbocycles. The van der Waals surface area contributed by atoms with E-state index >= 15 is 0 Å². The van der Waals surface area contributed by atoms with Gasteiger partial charge in [-0.25, -0.2) is 0 Å². The van der Waals surface area contributed by atoms with Crippen molar-refractivity contribution in [2.45, 2.75) is 138 Å². The molecule has 0 unspecified atom stereocenters. The number of nitrogens with two attached hydrogens (primary N) is 2. The van der Waals surface area contributed by atoms with Crippen LogP contribution in [0.4, 0.5) is 0 Å². The lowest BCUT2D eigenvalue weighted by atomic mass is 9.33. The molecule has 44 heavy (non-hydrogen) atoms. The molecule has 0 aromatic carbocycles. The second-order valence-corrected chi connectivity index (χ2v) is 17.5. The topological polar surface area (TPSA) is 134 Å². The second-order valence-electron chi connectivity index (χ2n) is 17.5. The molecule has 0 bridgehead atoms. The summed E-state index contributed by atoms with van der Waals surface area (Å²) < 4.78 is 0. The highest BCUT2D eigenvalue weighted by molar-refractivity contribution is 5.85. The predicted octanol–water partition coefficient (Wildman–Crippen LogP) is 6.10. The van der Waals surface area contributed by atoms with Crippen LogP contribution in [0.1, 0.15) is 126 Å². The van der Waals surface area contributed by atoms with Crippen LogP contribution in [0.25, 0.3) is 0 Å². The van der Waals surface area contributed by atoms with E-state index in [0.717, 1.165) is 51.4 Å². The molecule has 9 atom stereocenters. The number of nitrogens with zero attached hydrogens (tertiary/aromatic N) is 1. The van der Waals surface area contributed by atoms with E-state index in [2.05, 4.69) is 64.9 Å². The van der Waals surface area contributed by atoms with E-state index in [4.69, 9.17) is 11.5 Å². The fourth-order valence-electron chi connectivity index (χ4n) is 11.7. The standard InChI is InChI=1S/C36H62N4O3.ClH/c1-31(2)16-18-36(29(43)40-23(22-41)9-8-20-39-30(37)38)19-17-34(6)24(25(36)21-31)10-11-27-33(5)14-13-28(42)32(3,4)26(33)12-15-35(27,34)7;/h10,23,25-28,41-42H,8-9,11-22H2,1-7H3,(H,40,43)(H4,37,38,39);1H/t23-,25-,26-,27+,28-,33-,34+,35+,36-;/m0./s1. The number of nitrogens with one attached hydrogen (secondary N) is 1. The third-order valence-electron chi connectivity index (χ3n) is 14.6. The van der Waals surface area contributed by atoms with Crippen molar-refractivity contribution in [1.29, 1.82) is 0 Å². The smallest absolute Gasteiger partial charge is 0.227 e. The number of carbonyl (C=O) groups excluding carboxylic acids is 1. The van der Waals surface area contributed by atoms with Gasteiger partial charge in [-0.05, 0) is 122 Å². The summed E-state index contributed by atoms with van der Waals surface area (Å²) in [7, 11) is 0. The molecule has 0 aromatic heterocycles. The van der Waals surface area contributed by atoms with E-state index in [1.165, 1.54) is 12.8 Å². The summed E-state index contributed by atoms with van der Waals surface area (Å²) in [5.74, 6) is 1.56. The first-order chi connectivity index (χ1) is 20.0. The zero-order valence-electron chi connectivity index (χ0n) is 28.7. The van der Waals surface area contributed by atoms with Crippen LogP contribution < -0.4 is 16.8 Å². The van der Waals surface area contributed by atoms with Crippen molar-refractivity contribution in [3.63, 3.8) is 0 Å². The van der Waals surface area contributed by atoms with Gasteiger partial charge in [-0.1, -0.05) is 60.1 Å². The lowest BCUT2D eigenvalue weighted by molar-refractivity contribution is -0.203. The molecule has 4 saturated carbocycles. The van der Waals surface area contributed by atoms with Crippen molar-refractivity contribution in [3.8, 4) is 0 Å². The molecule has 252 valence electrons. The fourth-order valence-corrected chi connectivity index (χ4v) is 11.7. The zero-order valence-corrected chi connectivity index (χ0v) is 29.5. The average Bonchev–Trinajstić information content (AvgIpc) is 2.92. The number of hydrogen-bond donors (Lipinski definition) is 5. The third-order valence-corrected chi connectivity index (χ3v) is 14.6. The molecule has 7 nitrogen and oxygen atoms in total. The Morgan fingerprint density at radius 2 is 1.68 bits per heavy atom. The van der Waals surface area contributed by atoms with Gasteiger partial charge in [-0.15, -0.1) is 12.4 Å². The van der Waals surface area contributed by atoms with Crippen molar-refractivity contribution < 1.29 is 15.0 Å². The van der Waals surface area contributed by atoms with Crippen molar-refractivity contribution in [1.82, 2.24) is 5.32 Å². The third kappa shape index (κ3) is 5.43. The summed E-state index contributed by atoms with van der Waals surface area (Å²) in [4.78, 5) is 18.5. The first-order valence-electron chi connectivity index (χ1n) is 17.3. The second kappa shape index (κ2) is 12.0. The maximum absolute atomic E-state index is 14.4. The molecule has 0 spiro atoms. The van der Waals surface area contributed by atoms with E-state index in [1.54, 1.807) is 5.57 Å². The van der Waals surface area contributed by atoms with Gasteiger partial charge in [-0.3, -0.25) is 9.79 Å². The highest BCUT2D eigenvalue weighted by atomic mass is 35.5. The van der Waals surface area contributed by atoms with Crippen molar-refractivity contribution in [3.05, 3.63) is 11.6 Å². The van der Waals surface area contributed by atoms with Gasteiger partial charge < -0.3 is 27.0 Å². The summed E-state index contributed by atoms with van der Waals surface area (Å²) in [5, 5.41) is 24.5. The fraction of sp³-hybridized carbons (Fsp3) is 0.889. The number of hydrogen-bond acceptors (Lipinski definition) is 4. The van der Waals surface area contributed by atoms with Gasteiger partial charge in [0.05, 0.1) is 24.2 Å². The molecule has 5 rings (SSSR count). The van der Waals surface area contributed by atoms with Gasteiger partial charge in [0, 0.05) is 6.54 Å². The normalized spacial score (nSPS) is 42.5. The Hall–Kier alpha value is -1.31. The lowest BCUT2D eigenvalue weighted by Gasteiger charge is -2.71. The zero-order chi connectivity index (χ0) is 31.6. The van der Waals surface area contributed by atoms with Crippen LogP contribution in [0, 0.1) is 50.2 Å². The maximum atomic E-state index is 14.4. The lowest BCUT2D eigenvalue weighted by Crippen LogP contribution is -2.65. The molecule has 8 heteroatoms. The van der Waals surface area contributed by atoms with Crippen molar-refractivity contribution >= 4 is 24.3 Å². The number of aliphatic hydroxyl groups excluding tert-OH is 2. The number of rotatable bonds is 7. The van der Waals surface area contributed by atoms with E-state index in [-0.39, 0.29) is 76.0 Å². The Bertz CT molecular complexity index is 1150. The van der Waals surface area contributed by atoms with Gasteiger partial charge in [0.2, 0.25) is 5.91 Å². The molecule has 5 aliphatic rings. The molecule has 1 amide bonds. The Morgan fingerprint density at radius 3 is 2.34 bits per heavy atom.